The van der Waals surface area contributed by atoms with Crippen LogP contribution in [0.3, 0.4) is 0 Å². The Bertz CT molecular complexity index is 476. The maximum atomic E-state index is 9.22. The summed E-state index contributed by atoms with van der Waals surface area (Å²) in [5, 5.41) is 9.22. The van der Waals surface area contributed by atoms with Crippen molar-refractivity contribution < 1.29 is 5.11 Å². The average Bonchev–Trinajstić information content (AvgIpc) is 2.30. The zero-order valence-electron chi connectivity index (χ0n) is 9.22. The highest BCUT2D eigenvalue weighted by Gasteiger charge is 2.10. The number of phenols is 1. The van der Waals surface area contributed by atoms with Crippen LogP contribution in [0.15, 0.2) is 48.5 Å². The first-order valence-electron chi connectivity index (χ1n) is 5.28. The van der Waals surface area contributed by atoms with Crippen LogP contribution in [0, 0.1) is 6.92 Å². The van der Waals surface area contributed by atoms with Crippen LogP contribution in [0.4, 0.5) is 0 Å². The second-order valence-corrected chi connectivity index (χ2v) is 3.93. The van der Waals surface area contributed by atoms with Gasteiger partial charge in [0.05, 0.1) is 6.04 Å². The van der Waals surface area contributed by atoms with Gasteiger partial charge in [-0.1, -0.05) is 36.4 Å². The molecule has 2 aromatic rings. The molecule has 3 N–H and O–H groups in total. The van der Waals surface area contributed by atoms with Gasteiger partial charge in [-0.15, -0.1) is 0 Å². The lowest BCUT2D eigenvalue weighted by Gasteiger charge is -2.15. The third kappa shape index (κ3) is 2.07. The molecule has 0 aromatic heterocycles. The molecule has 0 aliphatic carbocycles. The summed E-state index contributed by atoms with van der Waals surface area (Å²) in [4.78, 5) is 0. The van der Waals surface area contributed by atoms with Gasteiger partial charge in [0.15, 0.2) is 0 Å². The molecule has 0 amide bonds. The smallest absolute Gasteiger partial charge is 0.115 e. The van der Waals surface area contributed by atoms with E-state index >= 15 is 0 Å². The fourth-order valence-corrected chi connectivity index (χ4v) is 1.80. The standard InChI is InChI=1S/C14H15NO/c1-10-4-2-3-5-13(10)14(15)11-6-8-12(16)9-7-11/h2-9,14,16H,15H2,1H3. The molecule has 0 spiro atoms. The Morgan fingerprint density at radius 3 is 2.25 bits per heavy atom. The number of aryl methyl sites for hydroxylation is 1. The summed E-state index contributed by atoms with van der Waals surface area (Å²) in [5.74, 6) is 0.265. The quantitative estimate of drug-likeness (QED) is 0.805. The first-order valence-corrected chi connectivity index (χ1v) is 5.28. The minimum absolute atomic E-state index is 0.137. The summed E-state index contributed by atoms with van der Waals surface area (Å²) in [6.45, 7) is 2.05. The van der Waals surface area contributed by atoms with Crippen molar-refractivity contribution in [2.75, 3.05) is 0 Å². The average molecular weight is 213 g/mol. The van der Waals surface area contributed by atoms with Gasteiger partial charge in [0.25, 0.3) is 0 Å². The molecule has 2 heteroatoms. The molecule has 0 saturated carbocycles. The summed E-state index contributed by atoms with van der Waals surface area (Å²) in [6.07, 6.45) is 0. The number of phenolic OH excluding ortho intramolecular Hbond substituents is 1. The van der Waals surface area contributed by atoms with Gasteiger partial charge in [-0.25, -0.2) is 0 Å². The summed E-state index contributed by atoms with van der Waals surface area (Å²) < 4.78 is 0. The highest BCUT2D eigenvalue weighted by molar-refractivity contribution is 5.38. The molecule has 0 aliphatic rings. The van der Waals surface area contributed by atoms with E-state index in [9.17, 15) is 5.11 Å². The van der Waals surface area contributed by atoms with Crippen molar-refractivity contribution in [2.24, 2.45) is 5.73 Å². The topological polar surface area (TPSA) is 46.2 Å². The normalized spacial score (nSPS) is 12.4. The molecule has 2 rings (SSSR count). The molecular weight excluding hydrogens is 198 g/mol. The fraction of sp³-hybridized carbons (Fsp3) is 0.143. The maximum absolute atomic E-state index is 9.22. The number of rotatable bonds is 2. The molecule has 2 aromatic carbocycles. The van der Waals surface area contributed by atoms with Crippen molar-refractivity contribution >= 4 is 0 Å². The number of hydrogen-bond donors (Lipinski definition) is 2. The van der Waals surface area contributed by atoms with Crippen LogP contribution in [0.1, 0.15) is 22.7 Å². The third-order valence-electron chi connectivity index (χ3n) is 2.78. The molecule has 1 atom stereocenters. The van der Waals surface area contributed by atoms with Gasteiger partial charge in [0.2, 0.25) is 0 Å². The van der Waals surface area contributed by atoms with Crippen LogP contribution >= 0.6 is 0 Å². The molecule has 0 saturated heterocycles. The highest BCUT2D eigenvalue weighted by Crippen LogP contribution is 2.23. The summed E-state index contributed by atoms with van der Waals surface area (Å²) in [7, 11) is 0. The van der Waals surface area contributed by atoms with Gasteiger partial charge in [-0.05, 0) is 35.7 Å². The van der Waals surface area contributed by atoms with Gasteiger partial charge in [-0.2, -0.15) is 0 Å². The Labute approximate surface area is 95.4 Å². The fourth-order valence-electron chi connectivity index (χ4n) is 1.80. The van der Waals surface area contributed by atoms with E-state index in [0.29, 0.717) is 0 Å². The second kappa shape index (κ2) is 4.37. The predicted molar refractivity (Wildman–Crippen MR) is 65.3 cm³/mol. The largest absolute Gasteiger partial charge is 0.508 e. The van der Waals surface area contributed by atoms with Crippen molar-refractivity contribution in [2.45, 2.75) is 13.0 Å². The van der Waals surface area contributed by atoms with E-state index in [0.717, 1.165) is 11.1 Å². The number of aromatic hydroxyl groups is 1. The predicted octanol–water partition coefficient (Wildman–Crippen LogP) is 2.75. The van der Waals surface area contributed by atoms with Crippen LogP contribution in [0.25, 0.3) is 0 Å². The van der Waals surface area contributed by atoms with E-state index in [-0.39, 0.29) is 11.8 Å². The number of nitrogens with two attached hydrogens (primary N) is 1. The summed E-state index contributed by atoms with van der Waals surface area (Å²) >= 11 is 0. The molecule has 2 nitrogen and oxygen atoms in total. The number of hydrogen-bond acceptors (Lipinski definition) is 2. The Morgan fingerprint density at radius 1 is 1.00 bits per heavy atom. The van der Waals surface area contributed by atoms with Crippen LogP contribution in [-0.2, 0) is 0 Å². The van der Waals surface area contributed by atoms with Crippen molar-refractivity contribution in [1.82, 2.24) is 0 Å². The van der Waals surface area contributed by atoms with E-state index in [1.165, 1.54) is 5.56 Å². The van der Waals surface area contributed by atoms with E-state index in [2.05, 4.69) is 13.0 Å². The summed E-state index contributed by atoms with van der Waals surface area (Å²) in [6, 6.07) is 15.0. The van der Waals surface area contributed by atoms with Crippen molar-refractivity contribution in [3.63, 3.8) is 0 Å². The SMILES string of the molecule is Cc1ccccc1C(N)c1ccc(O)cc1. The van der Waals surface area contributed by atoms with Gasteiger partial charge in [0, 0.05) is 0 Å². The van der Waals surface area contributed by atoms with E-state index < -0.39 is 0 Å². The van der Waals surface area contributed by atoms with E-state index in [1.807, 2.05) is 30.3 Å². The van der Waals surface area contributed by atoms with Crippen LogP contribution < -0.4 is 5.73 Å². The molecule has 1 unspecified atom stereocenters. The zero-order chi connectivity index (χ0) is 11.5. The number of benzene rings is 2. The maximum Gasteiger partial charge on any atom is 0.115 e. The molecule has 82 valence electrons. The van der Waals surface area contributed by atoms with Gasteiger partial charge < -0.3 is 10.8 Å². The Hall–Kier alpha value is -1.80. The van der Waals surface area contributed by atoms with E-state index in [1.54, 1.807) is 12.1 Å². The minimum atomic E-state index is -0.137. The lowest BCUT2D eigenvalue weighted by atomic mass is 9.96. The minimum Gasteiger partial charge on any atom is -0.508 e. The van der Waals surface area contributed by atoms with Gasteiger partial charge in [-0.3, -0.25) is 0 Å². The third-order valence-corrected chi connectivity index (χ3v) is 2.78. The van der Waals surface area contributed by atoms with Crippen LogP contribution in [0.5, 0.6) is 5.75 Å². The van der Waals surface area contributed by atoms with E-state index in [4.69, 9.17) is 5.73 Å². The van der Waals surface area contributed by atoms with Gasteiger partial charge >= 0.3 is 0 Å². The summed E-state index contributed by atoms with van der Waals surface area (Å²) in [5.41, 5.74) is 9.49. The first kappa shape index (κ1) is 10.7. The molecular formula is C14H15NO. The highest BCUT2D eigenvalue weighted by atomic mass is 16.3. The lowest BCUT2D eigenvalue weighted by molar-refractivity contribution is 0.475. The zero-order valence-corrected chi connectivity index (χ0v) is 9.22. The Balaban J connectivity index is 2.35. The van der Waals surface area contributed by atoms with Crippen molar-refractivity contribution in [1.29, 1.82) is 0 Å². The molecule has 0 aliphatic heterocycles. The van der Waals surface area contributed by atoms with Crippen LogP contribution in [0.2, 0.25) is 0 Å². The van der Waals surface area contributed by atoms with Crippen molar-refractivity contribution in [3.05, 3.63) is 65.2 Å². The monoisotopic (exact) mass is 213 g/mol. The van der Waals surface area contributed by atoms with Crippen molar-refractivity contribution in [3.8, 4) is 5.75 Å². The Kier molecular flexibility index (Phi) is 2.93. The molecule has 16 heavy (non-hydrogen) atoms. The second-order valence-electron chi connectivity index (χ2n) is 3.93. The molecule has 0 radical (unpaired) electrons. The van der Waals surface area contributed by atoms with Crippen LogP contribution in [-0.4, -0.2) is 5.11 Å². The molecule has 0 bridgehead atoms. The Morgan fingerprint density at radius 2 is 1.62 bits per heavy atom. The molecule has 0 fully saturated rings. The first-order chi connectivity index (χ1) is 7.68. The lowest BCUT2D eigenvalue weighted by Crippen LogP contribution is -2.12. The molecule has 0 heterocycles. The van der Waals surface area contributed by atoms with Gasteiger partial charge in [0.1, 0.15) is 5.75 Å².